The maximum absolute atomic E-state index is 13.3. The highest BCUT2D eigenvalue weighted by atomic mass is 16.5. The molecule has 1 amide bonds. The van der Waals surface area contributed by atoms with Gasteiger partial charge >= 0.3 is 0 Å². The van der Waals surface area contributed by atoms with Crippen LogP contribution in [0.4, 0.5) is 0 Å². The summed E-state index contributed by atoms with van der Waals surface area (Å²) in [5.74, 6) is 2.37. The minimum atomic E-state index is 0.0923. The molecule has 32 heavy (non-hydrogen) atoms. The molecule has 172 valence electrons. The Morgan fingerprint density at radius 3 is 2.56 bits per heavy atom. The van der Waals surface area contributed by atoms with E-state index in [1.807, 2.05) is 17.0 Å². The van der Waals surface area contributed by atoms with Gasteiger partial charge in [-0.2, -0.15) is 0 Å². The molecular formula is C25H32N2O5. The third-order valence-corrected chi connectivity index (χ3v) is 6.37. The lowest BCUT2D eigenvalue weighted by atomic mass is 9.94. The van der Waals surface area contributed by atoms with Crippen molar-refractivity contribution < 1.29 is 24.1 Å². The zero-order valence-electron chi connectivity index (χ0n) is 18.9. The Balaban J connectivity index is 1.32. The molecule has 1 unspecified atom stereocenters. The van der Waals surface area contributed by atoms with Crippen LogP contribution in [0, 0.1) is 0 Å². The number of carbonyl (C=O) groups is 1. The number of methoxy groups -OCH3 is 2. The second-order valence-electron chi connectivity index (χ2n) is 8.41. The van der Waals surface area contributed by atoms with E-state index in [1.54, 1.807) is 38.5 Å². The van der Waals surface area contributed by atoms with Crippen LogP contribution in [0.3, 0.4) is 0 Å². The molecule has 2 aliphatic heterocycles. The highest BCUT2D eigenvalue weighted by Gasteiger charge is 2.33. The van der Waals surface area contributed by atoms with Gasteiger partial charge in [-0.15, -0.1) is 0 Å². The molecule has 7 heteroatoms. The first-order valence-corrected chi connectivity index (χ1v) is 11.3. The number of aromatic hydroxyl groups is 1. The Bertz CT molecular complexity index is 931. The lowest BCUT2D eigenvalue weighted by Crippen LogP contribution is -2.52. The van der Waals surface area contributed by atoms with Crippen molar-refractivity contribution in [3.05, 3.63) is 47.5 Å². The second kappa shape index (κ2) is 10.1. The normalized spacial score (nSPS) is 18.9. The zero-order chi connectivity index (χ0) is 22.5. The Morgan fingerprint density at radius 2 is 1.81 bits per heavy atom. The monoisotopic (exact) mass is 440 g/mol. The first kappa shape index (κ1) is 22.3. The molecule has 0 radical (unpaired) electrons. The number of hydrogen-bond acceptors (Lipinski definition) is 6. The van der Waals surface area contributed by atoms with E-state index in [0.29, 0.717) is 18.1 Å². The van der Waals surface area contributed by atoms with E-state index in [4.69, 9.17) is 14.2 Å². The van der Waals surface area contributed by atoms with Gasteiger partial charge in [-0.3, -0.25) is 4.79 Å². The van der Waals surface area contributed by atoms with Gasteiger partial charge in [-0.25, -0.2) is 0 Å². The number of nitrogens with zero attached hydrogens (tertiary/aromatic N) is 2. The standard InChI is InChI=1S/C25H32N2O5/c1-30-23-15-18-10-13-27(25(29)22(18)16-24(23)31-2)19-5-3-11-26(17-19)12-4-14-32-21-8-6-20(28)7-9-21/h6-9,15-16,19,28H,3-5,10-14,17H2,1-2H3. The van der Waals surface area contributed by atoms with E-state index in [0.717, 1.165) is 68.7 Å². The van der Waals surface area contributed by atoms with Gasteiger partial charge in [0.1, 0.15) is 11.5 Å². The fraction of sp³-hybridized carbons (Fsp3) is 0.480. The van der Waals surface area contributed by atoms with Crippen LogP contribution in [-0.4, -0.2) is 73.9 Å². The van der Waals surface area contributed by atoms with Crippen molar-refractivity contribution in [1.29, 1.82) is 0 Å². The van der Waals surface area contributed by atoms with Gasteiger partial charge in [-0.05, 0) is 74.2 Å². The van der Waals surface area contributed by atoms with E-state index in [2.05, 4.69) is 4.90 Å². The summed E-state index contributed by atoms with van der Waals surface area (Å²) in [4.78, 5) is 17.8. The molecule has 2 heterocycles. The molecule has 2 aromatic rings. The van der Waals surface area contributed by atoms with Gasteiger partial charge in [0, 0.05) is 31.2 Å². The van der Waals surface area contributed by atoms with Crippen LogP contribution in [0.1, 0.15) is 35.2 Å². The zero-order valence-corrected chi connectivity index (χ0v) is 18.9. The number of phenolic OH excluding ortho intramolecular Hbond substituents is 1. The molecule has 7 nitrogen and oxygen atoms in total. The molecule has 0 bridgehead atoms. The number of phenols is 1. The van der Waals surface area contributed by atoms with Crippen molar-refractivity contribution in [1.82, 2.24) is 9.80 Å². The SMILES string of the molecule is COc1cc2c(cc1OC)C(=O)N(C1CCCN(CCCOc3ccc(O)cc3)C1)CC2. The van der Waals surface area contributed by atoms with Gasteiger partial charge in [0.25, 0.3) is 5.91 Å². The molecule has 0 spiro atoms. The minimum Gasteiger partial charge on any atom is -0.508 e. The molecule has 2 aromatic carbocycles. The second-order valence-corrected chi connectivity index (χ2v) is 8.41. The summed E-state index contributed by atoms with van der Waals surface area (Å²) in [5.41, 5.74) is 1.76. The first-order chi connectivity index (χ1) is 15.6. The van der Waals surface area contributed by atoms with Crippen LogP contribution >= 0.6 is 0 Å². The van der Waals surface area contributed by atoms with Crippen LogP contribution in [0.25, 0.3) is 0 Å². The fourth-order valence-corrected chi connectivity index (χ4v) is 4.68. The fourth-order valence-electron chi connectivity index (χ4n) is 4.68. The van der Waals surface area contributed by atoms with Crippen LogP contribution in [0.5, 0.6) is 23.0 Å². The predicted molar refractivity (Wildman–Crippen MR) is 122 cm³/mol. The van der Waals surface area contributed by atoms with E-state index >= 15 is 0 Å². The van der Waals surface area contributed by atoms with Gasteiger partial charge in [0.2, 0.25) is 0 Å². The topological polar surface area (TPSA) is 71.5 Å². The largest absolute Gasteiger partial charge is 0.508 e. The molecule has 0 aliphatic carbocycles. The predicted octanol–water partition coefficient (Wildman–Crippen LogP) is 3.34. The van der Waals surface area contributed by atoms with Crippen molar-refractivity contribution >= 4 is 5.91 Å². The molecule has 1 fully saturated rings. The van der Waals surface area contributed by atoms with Crippen molar-refractivity contribution in [3.63, 3.8) is 0 Å². The van der Waals surface area contributed by atoms with E-state index in [1.165, 1.54) is 0 Å². The Kier molecular flexibility index (Phi) is 7.05. The Labute approximate surface area is 189 Å². The summed E-state index contributed by atoms with van der Waals surface area (Å²) in [6, 6.07) is 10.8. The summed E-state index contributed by atoms with van der Waals surface area (Å²) in [7, 11) is 3.22. The molecular weight excluding hydrogens is 408 g/mol. The quantitative estimate of drug-likeness (QED) is 0.635. The summed E-state index contributed by atoms with van der Waals surface area (Å²) in [5, 5.41) is 9.35. The number of fused-ring (bicyclic) bond motifs is 1. The highest BCUT2D eigenvalue weighted by Crippen LogP contribution is 2.34. The lowest BCUT2D eigenvalue weighted by Gasteiger charge is -2.41. The molecule has 0 aromatic heterocycles. The summed E-state index contributed by atoms with van der Waals surface area (Å²) >= 11 is 0. The Hall–Kier alpha value is -2.93. The maximum atomic E-state index is 13.3. The number of carbonyl (C=O) groups excluding carboxylic acids is 1. The van der Waals surface area contributed by atoms with E-state index in [9.17, 15) is 9.90 Å². The number of likely N-dealkylation sites (tertiary alicyclic amines) is 1. The maximum Gasteiger partial charge on any atom is 0.254 e. The smallest absolute Gasteiger partial charge is 0.254 e. The van der Waals surface area contributed by atoms with E-state index in [-0.39, 0.29) is 17.7 Å². The third kappa shape index (κ3) is 4.93. The highest BCUT2D eigenvalue weighted by molar-refractivity contribution is 5.97. The van der Waals surface area contributed by atoms with Gasteiger partial charge in [0.15, 0.2) is 11.5 Å². The number of benzene rings is 2. The van der Waals surface area contributed by atoms with Crippen LogP contribution < -0.4 is 14.2 Å². The molecule has 4 rings (SSSR count). The third-order valence-electron chi connectivity index (χ3n) is 6.37. The molecule has 1 N–H and O–H groups in total. The Morgan fingerprint density at radius 1 is 1.06 bits per heavy atom. The number of rotatable bonds is 8. The number of hydrogen-bond donors (Lipinski definition) is 1. The van der Waals surface area contributed by atoms with Gasteiger partial charge < -0.3 is 29.1 Å². The van der Waals surface area contributed by atoms with Crippen molar-refractivity contribution in [2.45, 2.75) is 31.7 Å². The molecule has 2 aliphatic rings. The molecule has 1 saturated heterocycles. The average Bonchev–Trinajstić information content (AvgIpc) is 2.82. The van der Waals surface area contributed by atoms with E-state index < -0.39 is 0 Å². The van der Waals surface area contributed by atoms with Crippen molar-refractivity contribution in [2.24, 2.45) is 0 Å². The summed E-state index contributed by atoms with van der Waals surface area (Å²) in [6.45, 7) is 4.26. The average molecular weight is 441 g/mol. The molecule has 1 atom stereocenters. The number of amides is 1. The summed E-state index contributed by atoms with van der Waals surface area (Å²) < 4.78 is 16.6. The van der Waals surface area contributed by atoms with Gasteiger partial charge in [-0.1, -0.05) is 0 Å². The van der Waals surface area contributed by atoms with Crippen LogP contribution in [-0.2, 0) is 6.42 Å². The van der Waals surface area contributed by atoms with Gasteiger partial charge in [0.05, 0.1) is 20.8 Å². The van der Waals surface area contributed by atoms with Crippen LogP contribution in [0.15, 0.2) is 36.4 Å². The minimum absolute atomic E-state index is 0.0923. The van der Waals surface area contributed by atoms with Crippen LogP contribution in [0.2, 0.25) is 0 Å². The lowest BCUT2D eigenvalue weighted by molar-refractivity contribution is 0.0517. The van der Waals surface area contributed by atoms with Crippen molar-refractivity contribution in [3.8, 4) is 23.0 Å². The summed E-state index contributed by atoms with van der Waals surface area (Å²) in [6.07, 6.45) is 3.88. The number of ether oxygens (including phenoxy) is 3. The van der Waals surface area contributed by atoms with Crippen molar-refractivity contribution in [2.75, 3.05) is 47.0 Å². The number of piperidine rings is 1. The molecule has 0 saturated carbocycles. The first-order valence-electron chi connectivity index (χ1n) is 11.3.